The van der Waals surface area contributed by atoms with Gasteiger partial charge in [-0.05, 0) is 29.8 Å². The van der Waals surface area contributed by atoms with Crippen LogP contribution in [0.15, 0.2) is 53.3 Å². The Morgan fingerprint density at radius 1 is 1.07 bits per heavy atom. The van der Waals surface area contributed by atoms with Gasteiger partial charge in [0, 0.05) is 20.5 Å². The summed E-state index contributed by atoms with van der Waals surface area (Å²) in [5.74, 6) is 0.593. The molecule has 0 saturated heterocycles. The maximum Gasteiger partial charge on any atom is 0.307 e. The number of hydrogen-bond donors (Lipinski definition) is 2. The maximum atomic E-state index is 12.6. The van der Waals surface area contributed by atoms with Crippen molar-refractivity contribution in [2.75, 3.05) is 25.6 Å². The van der Waals surface area contributed by atoms with Gasteiger partial charge in [-0.15, -0.1) is 0 Å². The van der Waals surface area contributed by atoms with Gasteiger partial charge in [0.25, 0.3) is 5.91 Å². The van der Waals surface area contributed by atoms with E-state index in [1.165, 1.54) is 0 Å². The van der Waals surface area contributed by atoms with Crippen LogP contribution in [0.2, 0.25) is 0 Å². The highest BCUT2D eigenvalue weighted by atomic mass is 32.1. The van der Waals surface area contributed by atoms with Crippen molar-refractivity contribution in [1.29, 1.82) is 0 Å². The van der Waals surface area contributed by atoms with E-state index in [-0.39, 0.29) is 22.8 Å². The van der Waals surface area contributed by atoms with Crippen molar-refractivity contribution >= 4 is 22.9 Å². The molecule has 0 aliphatic carbocycles. The van der Waals surface area contributed by atoms with Crippen molar-refractivity contribution in [3.8, 4) is 11.6 Å². The molecule has 29 heavy (non-hydrogen) atoms. The molecule has 0 bridgehead atoms. The van der Waals surface area contributed by atoms with Gasteiger partial charge < -0.3 is 19.6 Å². The van der Waals surface area contributed by atoms with Gasteiger partial charge in [0.15, 0.2) is 0 Å². The Labute approximate surface area is 171 Å². The van der Waals surface area contributed by atoms with Crippen LogP contribution in [0.4, 0.5) is 5.69 Å². The van der Waals surface area contributed by atoms with Crippen LogP contribution in [0, 0.1) is 0 Å². The van der Waals surface area contributed by atoms with Crippen LogP contribution in [0.5, 0.6) is 11.6 Å². The van der Waals surface area contributed by atoms with Crippen molar-refractivity contribution in [1.82, 2.24) is 9.88 Å². The standard InChI is InChI=1S/C21H21N3O4S/c1-23-16-6-4-3-5-15(16)20(26)24(2)18(23)12-28-14-9-7-13(8-10-14)11-17-19(25)22-21(27)29-17/h3-10,18,25H,11-12H2,1-2H3,(H,22,27). The highest BCUT2D eigenvalue weighted by Gasteiger charge is 2.33. The molecule has 0 saturated carbocycles. The number of aromatic nitrogens is 1. The number of carbonyl (C=O) groups is 1. The lowest BCUT2D eigenvalue weighted by Gasteiger charge is -2.41. The second-order valence-electron chi connectivity index (χ2n) is 6.94. The molecule has 2 N–H and O–H groups in total. The number of anilines is 1. The maximum absolute atomic E-state index is 12.6. The number of thiazole rings is 1. The summed E-state index contributed by atoms with van der Waals surface area (Å²) in [4.78, 5) is 30.4. The Bertz CT molecular complexity index is 1090. The first-order valence-electron chi connectivity index (χ1n) is 9.16. The topological polar surface area (TPSA) is 85.9 Å². The van der Waals surface area contributed by atoms with E-state index < -0.39 is 0 Å². The number of carbonyl (C=O) groups excluding carboxylic acids is 1. The number of ether oxygens (including phenoxy) is 1. The van der Waals surface area contributed by atoms with Crippen molar-refractivity contribution in [2.45, 2.75) is 12.6 Å². The van der Waals surface area contributed by atoms with E-state index >= 15 is 0 Å². The van der Waals surface area contributed by atoms with Crippen molar-refractivity contribution in [3.63, 3.8) is 0 Å². The number of hydrogen-bond acceptors (Lipinski definition) is 6. The van der Waals surface area contributed by atoms with Crippen molar-refractivity contribution in [3.05, 3.63) is 74.2 Å². The van der Waals surface area contributed by atoms with Gasteiger partial charge in [-0.3, -0.25) is 14.6 Å². The van der Waals surface area contributed by atoms with Crippen molar-refractivity contribution < 1.29 is 14.6 Å². The number of aromatic hydroxyl groups is 1. The third-order valence-corrected chi connectivity index (χ3v) is 5.99. The van der Waals surface area contributed by atoms with Crippen LogP contribution in [-0.4, -0.2) is 47.8 Å². The number of H-pyrrole nitrogens is 1. The Kier molecular flexibility index (Phi) is 5.02. The summed E-state index contributed by atoms with van der Waals surface area (Å²) in [5.41, 5.74) is 2.54. The molecule has 1 aliphatic rings. The number of amides is 1. The molecule has 1 aliphatic heterocycles. The number of likely N-dealkylation sites (N-methyl/N-ethyl adjacent to an activating group) is 2. The molecule has 2 heterocycles. The predicted octanol–water partition coefficient (Wildman–Crippen LogP) is 2.66. The highest BCUT2D eigenvalue weighted by molar-refractivity contribution is 7.09. The second-order valence-corrected chi connectivity index (χ2v) is 8.01. The summed E-state index contributed by atoms with van der Waals surface area (Å²) in [6, 6.07) is 15.0. The van der Waals surface area contributed by atoms with Gasteiger partial charge in [-0.2, -0.15) is 0 Å². The molecule has 2 aromatic carbocycles. The zero-order valence-electron chi connectivity index (χ0n) is 16.1. The van der Waals surface area contributed by atoms with Crippen LogP contribution < -0.4 is 14.5 Å². The minimum atomic E-state index is -0.269. The van der Waals surface area contributed by atoms with E-state index in [1.807, 2.05) is 60.5 Å². The summed E-state index contributed by atoms with van der Waals surface area (Å²) in [6.45, 7) is 0.326. The van der Waals surface area contributed by atoms with Crippen LogP contribution in [0.3, 0.4) is 0 Å². The third kappa shape index (κ3) is 3.71. The van der Waals surface area contributed by atoms with Gasteiger partial charge in [-0.1, -0.05) is 35.6 Å². The number of nitrogens with one attached hydrogen (secondary N) is 1. The van der Waals surface area contributed by atoms with E-state index in [0.29, 0.717) is 29.2 Å². The van der Waals surface area contributed by atoms with Gasteiger partial charge >= 0.3 is 4.87 Å². The van der Waals surface area contributed by atoms with E-state index in [2.05, 4.69) is 4.98 Å². The van der Waals surface area contributed by atoms with Gasteiger partial charge in [-0.25, -0.2) is 0 Å². The Hall–Kier alpha value is -3.26. The van der Waals surface area contributed by atoms with Crippen molar-refractivity contribution in [2.24, 2.45) is 0 Å². The largest absolute Gasteiger partial charge is 0.494 e. The lowest BCUT2D eigenvalue weighted by Crippen LogP contribution is -2.54. The third-order valence-electron chi connectivity index (χ3n) is 5.12. The number of aromatic amines is 1. The molecule has 0 fully saturated rings. The highest BCUT2D eigenvalue weighted by Crippen LogP contribution is 2.29. The first-order chi connectivity index (χ1) is 13.9. The van der Waals surface area contributed by atoms with Gasteiger partial charge in [0.05, 0.1) is 16.1 Å². The molecule has 1 atom stereocenters. The van der Waals surface area contributed by atoms with E-state index in [4.69, 9.17) is 4.74 Å². The molecule has 0 radical (unpaired) electrons. The monoisotopic (exact) mass is 411 g/mol. The lowest BCUT2D eigenvalue weighted by molar-refractivity contribution is 0.0654. The van der Waals surface area contributed by atoms with Crippen LogP contribution in [0.1, 0.15) is 20.8 Å². The number of rotatable bonds is 5. The SMILES string of the molecule is CN1C(=O)c2ccccc2N(C)C1COc1ccc(Cc2sc(=O)[nH]c2O)cc1. The van der Waals surface area contributed by atoms with E-state index in [0.717, 1.165) is 22.6 Å². The number of nitrogens with zero attached hydrogens (tertiary/aromatic N) is 2. The summed E-state index contributed by atoms with van der Waals surface area (Å²) < 4.78 is 5.94. The molecule has 7 nitrogen and oxygen atoms in total. The summed E-state index contributed by atoms with van der Waals surface area (Å²) in [5, 5.41) is 9.71. The summed E-state index contributed by atoms with van der Waals surface area (Å²) in [6.07, 6.45) is 0.251. The Morgan fingerprint density at radius 3 is 2.48 bits per heavy atom. The molecule has 1 unspecified atom stereocenters. The number of benzene rings is 2. The fourth-order valence-corrected chi connectivity index (χ4v) is 4.22. The van der Waals surface area contributed by atoms with E-state index in [9.17, 15) is 14.7 Å². The average Bonchev–Trinajstić information content (AvgIpc) is 3.04. The first kappa shape index (κ1) is 19.1. The molecule has 1 amide bonds. The quantitative estimate of drug-likeness (QED) is 0.674. The van der Waals surface area contributed by atoms with E-state index in [1.54, 1.807) is 11.9 Å². The zero-order valence-corrected chi connectivity index (χ0v) is 16.9. The molecule has 0 spiro atoms. The molecule has 150 valence electrons. The van der Waals surface area contributed by atoms with Crippen LogP contribution in [-0.2, 0) is 6.42 Å². The fraction of sp³-hybridized carbons (Fsp3) is 0.238. The smallest absolute Gasteiger partial charge is 0.307 e. The fourth-order valence-electron chi connectivity index (χ4n) is 3.46. The zero-order chi connectivity index (χ0) is 20.5. The summed E-state index contributed by atoms with van der Waals surface area (Å²) in [7, 11) is 3.73. The Balaban J connectivity index is 1.43. The minimum Gasteiger partial charge on any atom is -0.494 e. The molecule has 8 heteroatoms. The average molecular weight is 411 g/mol. The summed E-state index contributed by atoms with van der Waals surface area (Å²) >= 11 is 1.00. The van der Waals surface area contributed by atoms with Crippen LogP contribution >= 0.6 is 11.3 Å². The first-order valence-corrected chi connectivity index (χ1v) is 9.97. The molecule has 1 aromatic heterocycles. The molecule has 4 rings (SSSR count). The molecular formula is C21H21N3O4S. The minimum absolute atomic E-state index is 0.0204. The number of fused-ring (bicyclic) bond motifs is 1. The lowest BCUT2D eigenvalue weighted by atomic mass is 10.1. The normalized spacial score (nSPS) is 16.1. The van der Waals surface area contributed by atoms with Crippen LogP contribution in [0.25, 0.3) is 0 Å². The number of para-hydroxylation sites is 1. The predicted molar refractivity (Wildman–Crippen MR) is 112 cm³/mol. The van der Waals surface area contributed by atoms with Gasteiger partial charge in [0.2, 0.25) is 5.88 Å². The molecule has 3 aromatic rings. The molecular weight excluding hydrogens is 390 g/mol. The second kappa shape index (κ2) is 7.63. The Morgan fingerprint density at radius 2 is 1.79 bits per heavy atom. The van der Waals surface area contributed by atoms with Gasteiger partial charge in [0.1, 0.15) is 18.5 Å².